The van der Waals surface area contributed by atoms with Crippen LogP contribution in [0.1, 0.15) is 51.4 Å². The molecule has 0 spiro atoms. The number of carbonyl (C=O) groups is 1. The fraction of sp³-hybridized carbons (Fsp3) is 0.786. The number of carbonyl (C=O) groups excluding carboxylic acids is 1. The van der Waals surface area contributed by atoms with Crippen molar-refractivity contribution in [2.75, 3.05) is 13.2 Å². The van der Waals surface area contributed by atoms with Crippen LogP contribution >= 0.6 is 0 Å². The number of aliphatic hydroxyl groups excluding tert-OH is 2. The van der Waals surface area contributed by atoms with E-state index in [0.717, 1.165) is 25.7 Å². The van der Waals surface area contributed by atoms with E-state index < -0.39 is 18.7 Å². The summed E-state index contributed by atoms with van der Waals surface area (Å²) in [5.41, 5.74) is 0. The molecule has 0 heterocycles. The number of hydrogen-bond acceptors (Lipinski definition) is 5. The van der Waals surface area contributed by atoms with Crippen LogP contribution in [0, 0.1) is 0 Å². The molecule has 1 atom stereocenters. The van der Waals surface area contributed by atoms with E-state index in [1.54, 1.807) is 0 Å². The average molecular weight is 274 g/mol. The quantitative estimate of drug-likeness (QED) is 0.233. The molecule has 19 heavy (non-hydrogen) atoms. The maximum Gasteiger partial charge on any atom is 0.342 e. The molecule has 0 saturated carbocycles. The molecule has 5 heteroatoms. The molecule has 0 aromatic carbocycles. The van der Waals surface area contributed by atoms with Crippen molar-refractivity contribution in [1.82, 2.24) is 0 Å². The lowest BCUT2D eigenvalue weighted by Gasteiger charge is -2.06. The van der Waals surface area contributed by atoms with Crippen molar-refractivity contribution in [1.29, 1.82) is 0 Å². The summed E-state index contributed by atoms with van der Waals surface area (Å²) < 4.78 is 0. The Labute approximate surface area is 115 Å². The minimum Gasteiger partial charge on any atom is -0.394 e. The van der Waals surface area contributed by atoms with E-state index in [9.17, 15) is 4.79 Å². The molecule has 1 unspecified atom stereocenters. The van der Waals surface area contributed by atoms with E-state index in [2.05, 4.69) is 16.4 Å². The first kappa shape index (κ1) is 18.1. The van der Waals surface area contributed by atoms with Crippen molar-refractivity contribution >= 4 is 5.97 Å². The molecule has 0 radical (unpaired) electrons. The Bertz CT molecular complexity index is 230. The van der Waals surface area contributed by atoms with Gasteiger partial charge >= 0.3 is 5.97 Å². The highest BCUT2D eigenvalue weighted by molar-refractivity contribution is 5.68. The Morgan fingerprint density at radius 1 is 1.16 bits per heavy atom. The second kappa shape index (κ2) is 13.5. The summed E-state index contributed by atoms with van der Waals surface area (Å²) in [6, 6.07) is 0. The summed E-state index contributed by atoms with van der Waals surface area (Å²) in [6.45, 7) is 3.06. The van der Waals surface area contributed by atoms with Crippen molar-refractivity contribution in [3.63, 3.8) is 0 Å². The summed E-state index contributed by atoms with van der Waals surface area (Å²) in [4.78, 5) is 20.1. The molecule has 0 amide bonds. The summed E-state index contributed by atoms with van der Waals surface area (Å²) >= 11 is 0. The van der Waals surface area contributed by atoms with Crippen molar-refractivity contribution in [2.24, 2.45) is 0 Å². The third-order valence-corrected chi connectivity index (χ3v) is 2.66. The van der Waals surface area contributed by atoms with Gasteiger partial charge in [-0.25, -0.2) is 4.79 Å². The largest absolute Gasteiger partial charge is 0.394 e. The predicted octanol–water partition coefficient (Wildman–Crippen LogP) is 2.12. The van der Waals surface area contributed by atoms with Gasteiger partial charge in [-0.05, 0) is 19.3 Å². The zero-order valence-electron chi connectivity index (χ0n) is 11.6. The van der Waals surface area contributed by atoms with Crippen LogP contribution in [0.3, 0.4) is 0 Å². The third-order valence-electron chi connectivity index (χ3n) is 2.66. The lowest BCUT2D eigenvalue weighted by molar-refractivity contribution is -0.282. The van der Waals surface area contributed by atoms with Crippen LogP contribution < -0.4 is 0 Å². The van der Waals surface area contributed by atoms with Crippen LogP contribution in [0.15, 0.2) is 12.7 Å². The Morgan fingerprint density at radius 3 is 2.42 bits per heavy atom. The molecule has 0 aromatic rings. The highest BCUT2D eigenvalue weighted by atomic mass is 17.2. The molecule has 0 aliphatic heterocycles. The van der Waals surface area contributed by atoms with Crippen molar-refractivity contribution in [2.45, 2.75) is 57.5 Å². The zero-order chi connectivity index (χ0) is 14.3. The molecule has 0 aliphatic carbocycles. The van der Waals surface area contributed by atoms with Gasteiger partial charge in [-0.1, -0.05) is 31.8 Å². The standard InChI is InChI=1S/C14H26O5/c1-2-3-4-5-6-7-8-9-10-14(17)19-18-12-13(16)11-15/h2,13,15-16H,1,3-12H2. The predicted molar refractivity (Wildman–Crippen MR) is 72.3 cm³/mol. The smallest absolute Gasteiger partial charge is 0.342 e. The van der Waals surface area contributed by atoms with Crippen LogP contribution in [0.2, 0.25) is 0 Å². The summed E-state index contributed by atoms with van der Waals surface area (Å²) in [6.07, 6.45) is 8.80. The van der Waals surface area contributed by atoms with Gasteiger partial charge in [0, 0.05) is 6.42 Å². The first-order valence-electron chi connectivity index (χ1n) is 6.92. The van der Waals surface area contributed by atoms with Gasteiger partial charge in [0.1, 0.15) is 12.7 Å². The highest BCUT2D eigenvalue weighted by Gasteiger charge is 2.07. The first-order valence-corrected chi connectivity index (χ1v) is 6.92. The minimum absolute atomic E-state index is 0.203. The van der Waals surface area contributed by atoms with Crippen molar-refractivity contribution in [3.05, 3.63) is 12.7 Å². The topological polar surface area (TPSA) is 76.0 Å². The zero-order valence-corrected chi connectivity index (χ0v) is 11.6. The number of allylic oxidation sites excluding steroid dienone is 1. The number of aliphatic hydroxyl groups is 2. The van der Waals surface area contributed by atoms with Gasteiger partial charge in [0.15, 0.2) is 0 Å². The average Bonchev–Trinajstić information content (AvgIpc) is 2.41. The van der Waals surface area contributed by atoms with Gasteiger partial charge in [-0.3, -0.25) is 4.89 Å². The maximum atomic E-state index is 11.2. The fourth-order valence-corrected chi connectivity index (χ4v) is 1.54. The van der Waals surface area contributed by atoms with E-state index in [1.807, 2.05) is 6.08 Å². The number of unbranched alkanes of at least 4 members (excludes halogenated alkanes) is 6. The monoisotopic (exact) mass is 274 g/mol. The lowest BCUT2D eigenvalue weighted by atomic mass is 10.1. The van der Waals surface area contributed by atoms with Gasteiger partial charge in [0.05, 0.1) is 6.61 Å². The van der Waals surface area contributed by atoms with Gasteiger partial charge in [-0.2, -0.15) is 4.89 Å². The van der Waals surface area contributed by atoms with E-state index in [-0.39, 0.29) is 6.61 Å². The van der Waals surface area contributed by atoms with E-state index in [0.29, 0.717) is 6.42 Å². The third kappa shape index (κ3) is 13.3. The van der Waals surface area contributed by atoms with Gasteiger partial charge < -0.3 is 10.2 Å². The Kier molecular flexibility index (Phi) is 12.9. The number of hydrogen-bond donors (Lipinski definition) is 2. The molecule has 0 bridgehead atoms. The molecule has 0 aromatic heterocycles. The number of rotatable bonds is 13. The van der Waals surface area contributed by atoms with Crippen LogP contribution in [-0.2, 0) is 14.6 Å². The fourth-order valence-electron chi connectivity index (χ4n) is 1.54. The summed E-state index contributed by atoms with van der Waals surface area (Å²) in [5, 5.41) is 17.4. The summed E-state index contributed by atoms with van der Waals surface area (Å²) in [5.74, 6) is -0.434. The van der Waals surface area contributed by atoms with Crippen molar-refractivity contribution < 1.29 is 24.8 Å². The van der Waals surface area contributed by atoms with E-state index in [1.165, 1.54) is 19.3 Å². The Morgan fingerprint density at radius 2 is 1.79 bits per heavy atom. The van der Waals surface area contributed by atoms with Crippen LogP contribution in [0.25, 0.3) is 0 Å². The molecule has 0 rings (SSSR count). The molecule has 0 saturated heterocycles. The molecule has 0 aliphatic rings. The Balaban J connectivity index is 3.22. The van der Waals surface area contributed by atoms with Crippen LogP contribution in [0.4, 0.5) is 0 Å². The Hall–Kier alpha value is -0.910. The molecular formula is C14H26O5. The molecule has 112 valence electrons. The first-order chi connectivity index (χ1) is 9.20. The van der Waals surface area contributed by atoms with Gasteiger partial charge in [-0.15, -0.1) is 6.58 Å². The second-order valence-corrected chi connectivity index (χ2v) is 4.52. The maximum absolute atomic E-state index is 11.2. The molecule has 5 nitrogen and oxygen atoms in total. The normalized spacial score (nSPS) is 12.1. The van der Waals surface area contributed by atoms with Crippen molar-refractivity contribution in [3.8, 4) is 0 Å². The second-order valence-electron chi connectivity index (χ2n) is 4.52. The minimum atomic E-state index is -1.01. The van der Waals surface area contributed by atoms with Gasteiger partial charge in [0.2, 0.25) is 0 Å². The highest BCUT2D eigenvalue weighted by Crippen LogP contribution is 2.09. The molecular weight excluding hydrogens is 248 g/mol. The SMILES string of the molecule is C=CCCCCCCCCC(=O)OOCC(O)CO. The molecule has 0 fully saturated rings. The van der Waals surface area contributed by atoms with Crippen LogP contribution in [-0.4, -0.2) is 35.5 Å². The summed E-state index contributed by atoms with van der Waals surface area (Å²) in [7, 11) is 0. The van der Waals surface area contributed by atoms with E-state index in [4.69, 9.17) is 10.2 Å². The van der Waals surface area contributed by atoms with Crippen LogP contribution in [0.5, 0.6) is 0 Å². The lowest BCUT2D eigenvalue weighted by Crippen LogP contribution is -2.20. The molecule has 2 N–H and O–H groups in total. The van der Waals surface area contributed by atoms with E-state index >= 15 is 0 Å². The van der Waals surface area contributed by atoms with Gasteiger partial charge in [0.25, 0.3) is 0 Å².